The number of halogens is 2. The number of hydrogen-bond donors (Lipinski definition) is 2. The molecule has 1 aliphatic rings. The molecule has 2 aromatic rings. The molecule has 0 aromatic heterocycles. The Balaban J connectivity index is 0.00000208. The molecule has 6 heteroatoms. The van der Waals surface area contributed by atoms with Gasteiger partial charge in [-0.1, -0.05) is 42.5 Å². The number of rotatable bonds is 3. The molecular weight excluding hydrogens is 347 g/mol. The molecule has 1 amide bonds. The van der Waals surface area contributed by atoms with Crippen molar-refractivity contribution in [1.82, 2.24) is 5.32 Å². The normalized spacial score (nSPS) is 18.7. The van der Waals surface area contributed by atoms with Crippen LogP contribution in [-0.2, 0) is 10.3 Å². The number of benzene rings is 2. The third-order valence-corrected chi connectivity index (χ3v) is 5.34. The first kappa shape index (κ1) is 18.8. The predicted octanol–water partition coefficient (Wildman–Crippen LogP) is 3.77. The van der Waals surface area contributed by atoms with Crippen LogP contribution in [0.4, 0.5) is 4.39 Å². The zero-order valence-electron chi connectivity index (χ0n) is 13.3. The van der Waals surface area contributed by atoms with Gasteiger partial charge < -0.3 is 11.1 Å². The van der Waals surface area contributed by atoms with Crippen molar-refractivity contribution in [2.45, 2.75) is 29.8 Å². The minimum atomic E-state index is -1.13. The Morgan fingerprint density at radius 3 is 2.67 bits per heavy atom. The van der Waals surface area contributed by atoms with Gasteiger partial charge in [0.2, 0.25) is 5.91 Å². The van der Waals surface area contributed by atoms with Crippen LogP contribution < -0.4 is 11.1 Å². The van der Waals surface area contributed by atoms with E-state index in [1.807, 2.05) is 36.4 Å². The molecule has 128 valence electrons. The molecule has 2 atom stereocenters. The lowest BCUT2D eigenvalue weighted by molar-refractivity contribution is -0.127. The SMILES string of the molecule is CC(N)(C(=O)NC1CCSc2c(F)cccc21)c1ccccc1.Cl. The summed E-state index contributed by atoms with van der Waals surface area (Å²) < 4.78 is 13.9. The van der Waals surface area contributed by atoms with Crippen LogP contribution in [0.25, 0.3) is 0 Å². The van der Waals surface area contributed by atoms with Crippen molar-refractivity contribution in [3.63, 3.8) is 0 Å². The maximum Gasteiger partial charge on any atom is 0.244 e. The van der Waals surface area contributed by atoms with Crippen LogP contribution in [0.5, 0.6) is 0 Å². The molecule has 2 aromatic carbocycles. The first-order chi connectivity index (χ1) is 11.0. The number of carbonyl (C=O) groups is 1. The lowest BCUT2D eigenvalue weighted by Crippen LogP contribution is -2.50. The predicted molar refractivity (Wildman–Crippen MR) is 97.9 cm³/mol. The zero-order valence-corrected chi connectivity index (χ0v) is 14.9. The maximum atomic E-state index is 13.9. The summed E-state index contributed by atoms with van der Waals surface area (Å²) in [4.78, 5) is 13.3. The van der Waals surface area contributed by atoms with Gasteiger partial charge in [0, 0.05) is 10.6 Å². The van der Waals surface area contributed by atoms with Crippen LogP contribution in [0, 0.1) is 5.82 Å². The summed E-state index contributed by atoms with van der Waals surface area (Å²) in [6.07, 6.45) is 0.762. The van der Waals surface area contributed by atoms with Crippen LogP contribution >= 0.6 is 24.2 Å². The van der Waals surface area contributed by atoms with Crippen molar-refractivity contribution < 1.29 is 9.18 Å². The number of nitrogens with two attached hydrogens (primary N) is 1. The van der Waals surface area contributed by atoms with E-state index in [2.05, 4.69) is 5.32 Å². The Morgan fingerprint density at radius 2 is 1.96 bits per heavy atom. The van der Waals surface area contributed by atoms with Crippen LogP contribution in [-0.4, -0.2) is 11.7 Å². The fourth-order valence-electron chi connectivity index (χ4n) is 2.76. The quantitative estimate of drug-likeness (QED) is 0.869. The van der Waals surface area contributed by atoms with Gasteiger partial charge in [-0.3, -0.25) is 4.79 Å². The second-order valence-corrected chi connectivity index (χ2v) is 6.99. The van der Waals surface area contributed by atoms with Gasteiger partial charge in [0.1, 0.15) is 11.4 Å². The van der Waals surface area contributed by atoms with Crippen LogP contribution in [0.1, 0.15) is 30.5 Å². The molecule has 0 aliphatic carbocycles. The summed E-state index contributed by atoms with van der Waals surface area (Å²) >= 11 is 1.49. The number of amides is 1. The fourth-order valence-corrected chi connectivity index (χ4v) is 3.90. The Hall–Kier alpha value is -1.56. The molecule has 0 saturated carbocycles. The van der Waals surface area contributed by atoms with Crippen molar-refractivity contribution in [3.05, 3.63) is 65.5 Å². The number of hydrogen-bond acceptors (Lipinski definition) is 3. The van der Waals surface area contributed by atoms with Gasteiger partial charge in [-0.25, -0.2) is 4.39 Å². The number of nitrogens with one attached hydrogen (secondary N) is 1. The first-order valence-corrected chi connectivity index (χ1v) is 8.55. The molecule has 1 aliphatic heterocycles. The van der Waals surface area contributed by atoms with Crippen molar-refractivity contribution in [2.75, 3.05) is 5.75 Å². The largest absolute Gasteiger partial charge is 0.347 e. The first-order valence-electron chi connectivity index (χ1n) is 7.56. The van der Waals surface area contributed by atoms with Crippen molar-refractivity contribution in [2.24, 2.45) is 5.73 Å². The second-order valence-electron chi connectivity index (χ2n) is 5.89. The van der Waals surface area contributed by atoms with Crippen LogP contribution in [0.2, 0.25) is 0 Å². The molecule has 1 heterocycles. The van der Waals surface area contributed by atoms with E-state index in [0.717, 1.165) is 23.3 Å². The van der Waals surface area contributed by atoms with E-state index in [4.69, 9.17) is 5.73 Å². The highest BCUT2D eigenvalue weighted by Crippen LogP contribution is 2.38. The number of carbonyl (C=O) groups excluding carboxylic acids is 1. The molecule has 3 rings (SSSR count). The molecule has 24 heavy (non-hydrogen) atoms. The Kier molecular flexibility index (Phi) is 5.91. The van der Waals surface area contributed by atoms with E-state index >= 15 is 0 Å². The van der Waals surface area contributed by atoms with E-state index in [1.165, 1.54) is 17.8 Å². The van der Waals surface area contributed by atoms with E-state index in [-0.39, 0.29) is 30.2 Å². The lowest BCUT2D eigenvalue weighted by Gasteiger charge is -2.31. The van der Waals surface area contributed by atoms with E-state index < -0.39 is 5.54 Å². The van der Waals surface area contributed by atoms with E-state index in [1.54, 1.807) is 13.0 Å². The molecule has 2 unspecified atom stereocenters. The van der Waals surface area contributed by atoms with Gasteiger partial charge in [-0.2, -0.15) is 0 Å². The Bertz CT molecular complexity index is 724. The van der Waals surface area contributed by atoms with Gasteiger partial charge in [0.25, 0.3) is 0 Å². The van der Waals surface area contributed by atoms with Gasteiger partial charge >= 0.3 is 0 Å². The molecule has 0 fully saturated rings. The summed E-state index contributed by atoms with van der Waals surface area (Å²) in [6, 6.07) is 14.1. The Morgan fingerprint density at radius 1 is 1.25 bits per heavy atom. The van der Waals surface area contributed by atoms with Gasteiger partial charge in [-0.05, 0) is 30.5 Å². The second kappa shape index (κ2) is 7.55. The highest BCUT2D eigenvalue weighted by atomic mass is 35.5. The highest BCUT2D eigenvalue weighted by molar-refractivity contribution is 7.99. The summed E-state index contributed by atoms with van der Waals surface area (Å²) in [5.41, 5.74) is 6.72. The average Bonchev–Trinajstić information content (AvgIpc) is 2.56. The van der Waals surface area contributed by atoms with E-state index in [0.29, 0.717) is 4.90 Å². The zero-order chi connectivity index (χ0) is 16.4. The molecule has 3 nitrogen and oxygen atoms in total. The molecule has 3 N–H and O–H groups in total. The van der Waals surface area contributed by atoms with Gasteiger partial charge in [0.15, 0.2) is 0 Å². The molecule has 0 saturated heterocycles. The lowest BCUT2D eigenvalue weighted by atomic mass is 9.91. The van der Waals surface area contributed by atoms with Crippen molar-refractivity contribution in [3.8, 4) is 0 Å². The molecule has 0 bridgehead atoms. The summed E-state index contributed by atoms with van der Waals surface area (Å²) in [5.74, 6) is 0.284. The summed E-state index contributed by atoms with van der Waals surface area (Å²) in [7, 11) is 0. The van der Waals surface area contributed by atoms with Crippen molar-refractivity contribution >= 4 is 30.1 Å². The van der Waals surface area contributed by atoms with Gasteiger partial charge in [0.05, 0.1) is 6.04 Å². The average molecular weight is 367 g/mol. The minimum Gasteiger partial charge on any atom is -0.347 e. The highest BCUT2D eigenvalue weighted by Gasteiger charge is 2.33. The third-order valence-electron chi connectivity index (χ3n) is 4.18. The smallest absolute Gasteiger partial charge is 0.244 e. The maximum absolute atomic E-state index is 13.9. The summed E-state index contributed by atoms with van der Waals surface area (Å²) in [6.45, 7) is 1.70. The van der Waals surface area contributed by atoms with Crippen LogP contribution in [0.3, 0.4) is 0 Å². The Labute approximate surface area is 151 Å². The minimum absolute atomic E-state index is 0. The molecule has 0 radical (unpaired) electrons. The number of fused-ring (bicyclic) bond motifs is 1. The monoisotopic (exact) mass is 366 g/mol. The number of thioether (sulfide) groups is 1. The van der Waals surface area contributed by atoms with E-state index in [9.17, 15) is 9.18 Å². The summed E-state index contributed by atoms with van der Waals surface area (Å²) in [5, 5.41) is 3.00. The topological polar surface area (TPSA) is 55.1 Å². The standard InChI is InChI=1S/C18H19FN2OS.ClH/c1-18(20,12-6-3-2-4-7-12)17(22)21-15-10-11-23-16-13(15)8-5-9-14(16)19;/h2-9,15H,10-11,20H2,1H3,(H,21,22);1H. The molecular formula is C18H20ClFN2OS. The van der Waals surface area contributed by atoms with Gasteiger partial charge in [-0.15, -0.1) is 24.2 Å². The van der Waals surface area contributed by atoms with Crippen LogP contribution in [0.15, 0.2) is 53.4 Å². The van der Waals surface area contributed by atoms with Crippen molar-refractivity contribution in [1.29, 1.82) is 0 Å². The fraction of sp³-hybridized carbons (Fsp3) is 0.278. The molecule has 0 spiro atoms. The third kappa shape index (κ3) is 3.58.